The molecule has 0 saturated carbocycles. The molecule has 0 amide bonds. The van der Waals surface area contributed by atoms with Crippen LogP contribution in [-0.2, 0) is 12.6 Å². The van der Waals surface area contributed by atoms with Gasteiger partial charge in [-0.1, -0.05) is 25.1 Å². The van der Waals surface area contributed by atoms with Gasteiger partial charge in [0.2, 0.25) is 0 Å². The summed E-state index contributed by atoms with van der Waals surface area (Å²) >= 11 is 0. The summed E-state index contributed by atoms with van der Waals surface area (Å²) in [6.45, 7) is 1.76. The van der Waals surface area contributed by atoms with Crippen molar-refractivity contribution in [3.63, 3.8) is 0 Å². The van der Waals surface area contributed by atoms with Crippen LogP contribution in [0.2, 0.25) is 0 Å². The fourth-order valence-corrected chi connectivity index (χ4v) is 1.77. The molecule has 0 aliphatic carbocycles. The Kier molecular flexibility index (Phi) is 3.42. The number of halogens is 3. The highest BCUT2D eigenvalue weighted by Crippen LogP contribution is 2.35. The van der Waals surface area contributed by atoms with E-state index in [0.29, 0.717) is 12.2 Å². The summed E-state index contributed by atoms with van der Waals surface area (Å²) in [5.41, 5.74) is -1.31. The van der Waals surface area contributed by atoms with E-state index < -0.39 is 17.3 Å². The molecule has 1 aromatic carbocycles. The first-order valence-electron chi connectivity index (χ1n) is 5.68. The number of H-pyrrole nitrogens is 1. The average molecular weight is 268 g/mol. The van der Waals surface area contributed by atoms with Crippen LogP contribution in [0.5, 0.6) is 0 Å². The topological polar surface area (TPSA) is 45.8 Å². The van der Waals surface area contributed by atoms with Crippen LogP contribution < -0.4 is 5.56 Å². The highest BCUT2D eigenvalue weighted by molar-refractivity contribution is 5.64. The molecule has 0 saturated heterocycles. The number of hydrogen-bond acceptors (Lipinski definition) is 2. The van der Waals surface area contributed by atoms with E-state index in [1.165, 1.54) is 18.2 Å². The Morgan fingerprint density at radius 2 is 1.95 bits per heavy atom. The molecule has 1 aromatic heterocycles. The molecule has 3 nitrogen and oxygen atoms in total. The zero-order valence-corrected chi connectivity index (χ0v) is 10.1. The fourth-order valence-electron chi connectivity index (χ4n) is 1.77. The van der Waals surface area contributed by atoms with Crippen LogP contribution in [0.3, 0.4) is 0 Å². The fraction of sp³-hybridized carbons (Fsp3) is 0.231. The monoisotopic (exact) mass is 268 g/mol. The van der Waals surface area contributed by atoms with Crippen molar-refractivity contribution in [1.82, 2.24) is 9.97 Å². The van der Waals surface area contributed by atoms with Gasteiger partial charge in [-0.2, -0.15) is 13.2 Å². The predicted molar refractivity (Wildman–Crippen MR) is 64.7 cm³/mol. The Hall–Kier alpha value is -2.11. The van der Waals surface area contributed by atoms with Gasteiger partial charge in [0.15, 0.2) is 0 Å². The van der Waals surface area contributed by atoms with Crippen molar-refractivity contribution in [3.8, 4) is 11.3 Å². The quantitative estimate of drug-likeness (QED) is 0.910. The molecule has 100 valence electrons. The number of aromatic nitrogens is 2. The van der Waals surface area contributed by atoms with E-state index in [4.69, 9.17) is 0 Å². The number of nitrogens with one attached hydrogen (secondary N) is 1. The number of nitrogens with zero attached hydrogens (tertiary/aromatic N) is 1. The van der Waals surface area contributed by atoms with E-state index in [9.17, 15) is 18.0 Å². The van der Waals surface area contributed by atoms with Gasteiger partial charge in [-0.15, -0.1) is 0 Å². The van der Waals surface area contributed by atoms with Crippen LogP contribution in [0.4, 0.5) is 13.2 Å². The first-order chi connectivity index (χ1) is 8.91. The molecule has 0 unspecified atom stereocenters. The first kappa shape index (κ1) is 13.3. The highest BCUT2D eigenvalue weighted by atomic mass is 19.4. The molecule has 0 radical (unpaired) electrons. The molecule has 0 aliphatic heterocycles. The smallest absolute Gasteiger partial charge is 0.311 e. The largest absolute Gasteiger partial charge is 0.417 e. The minimum absolute atomic E-state index is 0.0357. The Morgan fingerprint density at radius 3 is 2.58 bits per heavy atom. The minimum atomic E-state index is -4.48. The lowest BCUT2D eigenvalue weighted by atomic mass is 10.0. The van der Waals surface area contributed by atoms with Crippen LogP contribution in [0.25, 0.3) is 11.3 Å². The van der Waals surface area contributed by atoms with E-state index in [2.05, 4.69) is 9.97 Å². The van der Waals surface area contributed by atoms with Gasteiger partial charge in [-0.3, -0.25) is 4.79 Å². The van der Waals surface area contributed by atoms with E-state index in [-0.39, 0.29) is 11.3 Å². The second kappa shape index (κ2) is 4.87. The van der Waals surface area contributed by atoms with E-state index >= 15 is 0 Å². The van der Waals surface area contributed by atoms with Crippen LogP contribution in [0.15, 0.2) is 35.1 Å². The standard InChI is InChI=1S/C13H11F3N2O/c1-2-11-17-10(7-12(19)18-11)8-5-3-4-6-9(8)13(14,15)16/h3-7H,2H2,1H3,(H,17,18,19). The molecule has 1 N–H and O–H groups in total. The Balaban J connectivity index is 2.66. The maximum atomic E-state index is 12.9. The van der Waals surface area contributed by atoms with E-state index in [1.54, 1.807) is 6.92 Å². The summed E-state index contributed by atoms with van der Waals surface area (Å²) in [5.74, 6) is 0.361. The lowest BCUT2D eigenvalue weighted by Crippen LogP contribution is -2.13. The zero-order chi connectivity index (χ0) is 14.0. The third kappa shape index (κ3) is 2.83. The van der Waals surface area contributed by atoms with Gasteiger partial charge in [0.05, 0.1) is 11.3 Å². The van der Waals surface area contributed by atoms with Crippen LogP contribution in [-0.4, -0.2) is 9.97 Å². The number of alkyl halides is 3. The summed E-state index contributed by atoms with van der Waals surface area (Å²) < 4.78 is 38.7. The molecule has 0 aliphatic rings. The second-order valence-electron chi connectivity index (χ2n) is 3.97. The number of aryl methyl sites for hydroxylation is 1. The summed E-state index contributed by atoms with van der Waals surface area (Å²) in [5, 5.41) is 0. The molecule has 2 rings (SSSR count). The van der Waals surface area contributed by atoms with Gasteiger partial charge < -0.3 is 4.98 Å². The molecular formula is C13H11F3N2O. The van der Waals surface area contributed by atoms with Gasteiger partial charge in [-0.25, -0.2) is 4.98 Å². The van der Waals surface area contributed by atoms with Gasteiger partial charge in [0, 0.05) is 18.1 Å². The predicted octanol–water partition coefficient (Wildman–Crippen LogP) is 3.02. The van der Waals surface area contributed by atoms with Crippen molar-refractivity contribution in [2.75, 3.05) is 0 Å². The molecule has 0 atom stereocenters. The van der Waals surface area contributed by atoms with Crippen molar-refractivity contribution in [2.24, 2.45) is 0 Å². The minimum Gasteiger partial charge on any atom is -0.311 e. The van der Waals surface area contributed by atoms with Gasteiger partial charge in [-0.05, 0) is 6.07 Å². The lowest BCUT2D eigenvalue weighted by molar-refractivity contribution is -0.137. The third-order valence-corrected chi connectivity index (χ3v) is 2.63. The summed E-state index contributed by atoms with van der Waals surface area (Å²) in [6.07, 6.45) is -4.04. The van der Waals surface area contributed by atoms with Crippen LogP contribution in [0, 0.1) is 0 Å². The molecule has 6 heteroatoms. The van der Waals surface area contributed by atoms with E-state index in [1.807, 2.05) is 0 Å². The second-order valence-corrected chi connectivity index (χ2v) is 3.97. The molecule has 19 heavy (non-hydrogen) atoms. The van der Waals surface area contributed by atoms with Crippen molar-refractivity contribution >= 4 is 0 Å². The molecular weight excluding hydrogens is 257 g/mol. The zero-order valence-electron chi connectivity index (χ0n) is 10.1. The molecule has 0 fully saturated rings. The maximum absolute atomic E-state index is 12.9. The van der Waals surface area contributed by atoms with Crippen LogP contribution in [0.1, 0.15) is 18.3 Å². The van der Waals surface area contributed by atoms with Crippen molar-refractivity contribution < 1.29 is 13.2 Å². The molecule has 1 heterocycles. The molecule has 2 aromatic rings. The lowest BCUT2D eigenvalue weighted by Gasteiger charge is -2.12. The van der Waals surface area contributed by atoms with Crippen molar-refractivity contribution in [2.45, 2.75) is 19.5 Å². The normalized spacial score (nSPS) is 11.6. The molecule has 0 bridgehead atoms. The Bertz CT molecular complexity index is 647. The number of benzene rings is 1. The van der Waals surface area contributed by atoms with Crippen molar-refractivity contribution in [1.29, 1.82) is 0 Å². The van der Waals surface area contributed by atoms with Crippen LogP contribution >= 0.6 is 0 Å². The van der Waals surface area contributed by atoms with E-state index in [0.717, 1.165) is 12.1 Å². The van der Waals surface area contributed by atoms with Gasteiger partial charge in [0.25, 0.3) is 5.56 Å². The Labute approximate surface area is 107 Å². The number of hydrogen-bond donors (Lipinski definition) is 1. The summed E-state index contributed by atoms with van der Waals surface area (Å²) in [4.78, 5) is 17.9. The summed E-state index contributed by atoms with van der Waals surface area (Å²) in [7, 11) is 0. The van der Waals surface area contributed by atoms with Crippen molar-refractivity contribution in [3.05, 3.63) is 52.1 Å². The SMILES string of the molecule is CCc1nc(-c2ccccc2C(F)(F)F)cc(=O)[nH]1. The van der Waals surface area contributed by atoms with Gasteiger partial charge in [0.1, 0.15) is 5.82 Å². The molecule has 0 spiro atoms. The third-order valence-electron chi connectivity index (χ3n) is 2.63. The maximum Gasteiger partial charge on any atom is 0.417 e. The average Bonchev–Trinajstić information content (AvgIpc) is 2.37. The highest BCUT2D eigenvalue weighted by Gasteiger charge is 2.33. The first-order valence-corrected chi connectivity index (χ1v) is 5.68. The Morgan fingerprint density at radius 1 is 1.26 bits per heavy atom. The summed E-state index contributed by atoms with van der Waals surface area (Å²) in [6, 6.07) is 6.15. The number of aromatic amines is 1. The van der Waals surface area contributed by atoms with Gasteiger partial charge >= 0.3 is 6.18 Å². The number of rotatable bonds is 2.